The minimum absolute atomic E-state index is 0.00272. The van der Waals surface area contributed by atoms with E-state index in [0.717, 1.165) is 0 Å². The molecule has 0 fully saturated rings. The van der Waals surface area contributed by atoms with E-state index < -0.39 is 0 Å². The molecule has 0 aliphatic carbocycles. The Balaban J connectivity index is 1.90. The average molecular weight is 248 g/mol. The molecule has 2 heterocycles. The third-order valence-electron chi connectivity index (χ3n) is 2.08. The van der Waals surface area contributed by atoms with Gasteiger partial charge in [0, 0.05) is 31.6 Å². The molecule has 0 saturated heterocycles. The van der Waals surface area contributed by atoms with Gasteiger partial charge in [-0.1, -0.05) is 5.21 Å². The molecule has 18 heavy (non-hydrogen) atoms. The minimum Gasteiger partial charge on any atom is -0.396 e. The number of aliphatic hydroxyl groups is 1. The molecule has 0 saturated carbocycles. The molecular formula is C10H12N6O2. The zero-order chi connectivity index (χ0) is 12.8. The molecule has 0 spiro atoms. The summed E-state index contributed by atoms with van der Waals surface area (Å²) in [5, 5.41) is 18.8. The second kappa shape index (κ2) is 5.82. The van der Waals surface area contributed by atoms with Crippen molar-refractivity contribution >= 4 is 11.9 Å². The summed E-state index contributed by atoms with van der Waals surface area (Å²) in [5.74, 6) is -0.0418. The Kier molecular flexibility index (Phi) is 3.92. The molecule has 0 unspecified atom stereocenters. The first-order valence-corrected chi connectivity index (χ1v) is 5.34. The monoisotopic (exact) mass is 248 g/mol. The van der Waals surface area contributed by atoms with Gasteiger partial charge in [0.2, 0.25) is 11.9 Å². The molecule has 0 aliphatic heterocycles. The normalized spacial score (nSPS) is 10.3. The number of aliphatic hydroxyl groups excluding tert-OH is 1. The highest BCUT2D eigenvalue weighted by molar-refractivity contribution is 5.88. The molecule has 94 valence electrons. The zero-order valence-corrected chi connectivity index (χ0v) is 9.52. The van der Waals surface area contributed by atoms with Crippen LogP contribution in [0.5, 0.6) is 0 Å². The van der Waals surface area contributed by atoms with E-state index in [1.54, 1.807) is 12.3 Å². The number of hydrogen-bond donors (Lipinski definition) is 2. The molecule has 2 rings (SSSR count). The maximum atomic E-state index is 11.6. The lowest BCUT2D eigenvalue weighted by atomic mass is 10.3. The first-order chi connectivity index (χ1) is 8.78. The highest BCUT2D eigenvalue weighted by Crippen LogP contribution is 1.97. The number of carbonyl (C=O) groups excluding carboxylic acids is 1. The van der Waals surface area contributed by atoms with Gasteiger partial charge in [0.1, 0.15) is 6.54 Å². The number of rotatable bonds is 5. The van der Waals surface area contributed by atoms with Crippen LogP contribution >= 0.6 is 0 Å². The van der Waals surface area contributed by atoms with Crippen LogP contribution in [0.2, 0.25) is 0 Å². The van der Waals surface area contributed by atoms with Gasteiger partial charge in [-0.2, -0.15) is 0 Å². The predicted octanol–water partition coefficient (Wildman–Crippen LogP) is -0.758. The van der Waals surface area contributed by atoms with E-state index in [0.29, 0.717) is 12.1 Å². The van der Waals surface area contributed by atoms with Crippen LogP contribution in [-0.4, -0.2) is 42.6 Å². The fourth-order valence-electron chi connectivity index (χ4n) is 1.32. The maximum absolute atomic E-state index is 11.6. The molecule has 0 atom stereocenters. The first-order valence-electron chi connectivity index (χ1n) is 5.34. The van der Waals surface area contributed by atoms with Crippen molar-refractivity contribution in [2.75, 3.05) is 11.9 Å². The quantitative estimate of drug-likeness (QED) is 0.720. The molecule has 2 aromatic rings. The Morgan fingerprint density at radius 2 is 2.17 bits per heavy atom. The lowest BCUT2D eigenvalue weighted by Crippen LogP contribution is -2.20. The van der Waals surface area contributed by atoms with Crippen molar-refractivity contribution < 1.29 is 9.90 Å². The van der Waals surface area contributed by atoms with Crippen molar-refractivity contribution in [2.24, 2.45) is 0 Å². The van der Waals surface area contributed by atoms with Crippen molar-refractivity contribution in [1.29, 1.82) is 0 Å². The van der Waals surface area contributed by atoms with Crippen molar-refractivity contribution in [3.8, 4) is 0 Å². The van der Waals surface area contributed by atoms with Crippen LogP contribution in [-0.2, 0) is 17.8 Å². The Labute approximate surface area is 103 Å². The number of aromatic nitrogens is 5. The number of hydrogen-bond acceptors (Lipinski definition) is 6. The molecule has 2 aromatic heterocycles. The summed E-state index contributed by atoms with van der Waals surface area (Å²) in [4.78, 5) is 19.4. The van der Waals surface area contributed by atoms with E-state index >= 15 is 0 Å². The van der Waals surface area contributed by atoms with Crippen LogP contribution in [0.3, 0.4) is 0 Å². The first kappa shape index (κ1) is 12.1. The van der Waals surface area contributed by atoms with Gasteiger partial charge in [-0.05, 0) is 6.07 Å². The second-order valence-corrected chi connectivity index (χ2v) is 3.50. The molecule has 1 amide bonds. The summed E-state index contributed by atoms with van der Waals surface area (Å²) in [6, 6.07) is 1.66. The Morgan fingerprint density at radius 3 is 2.89 bits per heavy atom. The second-order valence-electron chi connectivity index (χ2n) is 3.50. The van der Waals surface area contributed by atoms with E-state index in [9.17, 15) is 4.79 Å². The summed E-state index contributed by atoms with van der Waals surface area (Å²) in [7, 11) is 0. The molecule has 2 N–H and O–H groups in total. The fraction of sp³-hybridized carbons (Fsp3) is 0.300. The molecule has 8 nitrogen and oxygen atoms in total. The molecule has 0 bridgehead atoms. The van der Waals surface area contributed by atoms with Gasteiger partial charge in [-0.15, -0.1) is 5.10 Å². The van der Waals surface area contributed by atoms with E-state index in [4.69, 9.17) is 5.11 Å². The lowest BCUT2D eigenvalue weighted by Gasteiger charge is -2.02. The van der Waals surface area contributed by atoms with Crippen molar-refractivity contribution in [3.05, 3.63) is 30.4 Å². The number of carbonyl (C=O) groups is 1. The van der Waals surface area contributed by atoms with Crippen LogP contribution in [0.4, 0.5) is 5.95 Å². The summed E-state index contributed by atoms with van der Waals surface area (Å²) in [6.07, 6.45) is 5.11. The van der Waals surface area contributed by atoms with Gasteiger partial charge in [0.15, 0.2) is 0 Å². The zero-order valence-electron chi connectivity index (χ0n) is 9.52. The van der Waals surface area contributed by atoms with Crippen LogP contribution in [0.25, 0.3) is 0 Å². The van der Waals surface area contributed by atoms with Crippen LogP contribution in [0.1, 0.15) is 5.69 Å². The van der Waals surface area contributed by atoms with Gasteiger partial charge < -0.3 is 5.11 Å². The van der Waals surface area contributed by atoms with Gasteiger partial charge in [-0.25, -0.2) is 14.6 Å². The van der Waals surface area contributed by atoms with Gasteiger partial charge in [0.05, 0.1) is 5.69 Å². The third-order valence-corrected chi connectivity index (χ3v) is 2.08. The topological polar surface area (TPSA) is 106 Å². The van der Waals surface area contributed by atoms with Gasteiger partial charge in [0.25, 0.3) is 0 Å². The number of anilines is 1. The lowest BCUT2D eigenvalue weighted by molar-refractivity contribution is -0.117. The standard InChI is InChI=1S/C10H12N6O2/c17-5-2-8-6-16(15-14-8)7-9(18)13-10-11-3-1-4-12-10/h1,3-4,6,17H,2,5,7H2,(H,11,12,13,18). The van der Waals surface area contributed by atoms with Crippen LogP contribution in [0, 0.1) is 0 Å². The van der Waals surface area contributed by atoms with Gasteiger partial charge >= 0.3 is 0 Å². The van der Waals surface area contributed by atoms with Crippen LogP contribution < -0.4 is 5.32 Å². The third kappa shape index (κ3) is 3.32. The highest BCUT2D eigenvalue weighted by atomic mass is 16.3. The smallest absolute Gasteiger partial charge is 0.248 e. The Bertz CT molecular complexity index is 512. The summed E-state index contributed by atoms with van der Waals surface area (Å²) in [6.45, 7) is 0.0272. The molecule has 0 aromatic carbocycles. The van der Waals surface area contributed by atoms with E-state index in [1.165, 1.54) is 17.1 Å². The largest absolute Gasteiger partial charge is 0.396 e. The van der Waals surface area contributed by atoms with E-state index in [2.05, 4.69) is 25.6 Å². The maximum Gasteiger partial charge on any atom is 0.248 e. The summed E-state index contributed by atoms with van der Waals surface area (Å²) >= 11 is 0. The highest BCUT2D eigenvalue weighted by Gasteiger charge is 2.07. The number of nitrogens with zero attached hydrogens (tertiary/aromatic N) is 5. The summed E-state index contributed by atoms with van der Waals surface area (Å²) < 4.78 is 1.39. The molecule has 0 aliphatic rings. The molecule has 8 heteroatoms. The Morgan fingerprint density at radius 1 is 1.39 bits per heavy atom. The minimum atomic E-state index is -0.290. The molecule has 0 radical (unpaired) electrons. The SMILES string of the molecule is O=C(Cn1cc(CCO)nn1)Nc1ncccn1. The molecular weight excluding hydrogens is 236 g/mol. The van der Waals surface area contributed by atoms with Crippen molar-refractivity contribution in [2.45, 2.75) is 13.0 Å². The average Bonchev–Trinajstić information content (AvgIpc) is 2.78. The van der Waals surface area contributed by atoms with Gasteiger partial charge in [-0.3, -0.25) is 10.1 Å². The number of nitrogens with one attached hydrogen (secondary N) is 1. The fourth-order valence-corrected chi connectivity index (χ4v) is 1.32. The van der Waals surface area contributed by atoms with Crippen LogP contribution in [0.15, 0.2) is 24.7 Å². The van der Waals surface area contributed by atoms with Crippen molar-refractivity contribution in [1.82, 2.24) is 25.0 Å². The van der Waals surface area contributed by atoms with Crippen molar-refractivity contribution in [3.63, 3.8) is 0 Å². The summed E-state index contributed by atoms with van der Waals surface area (Å²) in [5.41, 5.74) is 0.640. The number of amides is 1. The predicted molar refractivity (Wildman–Crippen MR) is 61.5 cm³/mol. The Hall–Kier alpha value is -2.35. The van der Waals surface area contributed by atoms with E-state index in [1.807, 2.05) is 0 Å². The van der Waals surface area contributed by atoms with E-state index in [-0.39, 0.29) is 25.0 Å².